The molecule has 194 valence electrons. The highest BCUT2D eigenvalue weighted by molar-refractivity contribution is 5.92. The lowest BCUT2D eigenvalue weighted by Crippen LogP contribution is -2.32. The fourth-order valence-electron chi connectivity index (χ4n) is 3.57. The molecular weight excluding hydrogens is 475 g/mol. The summed E-state index contributed by atoms with van der Waals surface area (Å²) in [6.07, 6.45) is -2.39. The number of benzene rings is 2. The number of hydrogen-bond acceptors (Lipinski definition) is 6. The van der Waals surface area contributed by atoms with E-state index in [1.54, 1.807) is 25.3 Å². The monoisotopic (exact) mass is 505 g/mol. The molecule has 1 heterocycles. The summed E-state index contributed by atoms with van der Waals surface area (Å²) in [5.41, 5.74) is 0.693. The molecule has 10 heteroatoms. The van der Waals surface area contributed by atoms with Gasteiger partial charge in [-0.3, -0.25) is 9.69 Å². The number of alkyl halides is 3. The number of oxazole rings is 1. The molecule has 0 spiro atoms. The molecule has 3 aromatic rings. The van der Waals surface area contributed by atoms with Crippen LogP contribution in [0, 0.1) is 0 Å². The Kier molecular flexibility index (Phi) is 8.98. The van der Waals surface area contributed by atoms with Crippen LogP contribution in [-0.2, 0) is 25.8 Å². The zero-order valence-corrected chi connectivity index (χ0v) is 20.7. The fraction of sp³-hybridized carbons (Fsp3) is 0.385. The van der Waals surface area contributed by atoms with Crippen molar-refractivity contribution in [2.75, 3.05) is 14.2 Å². The molecule has 2 aromatic carbocycles. The number of rotatable bonds is 11. The molecule has 0 saturated heterocycles. The molecule has 0 saturated carbocycles. The van der Waals surface area contributed by atoms with E-state index in [9.17, 15) is 18.0 Å². The fourth-order valence-corrected chi connectivity index (χ4v) is 3.57. The van der Waals surface area contributed by atoms with E-state index in [0.717, 1.165) is 24.1 Å². The van der Waals surface area contributed by atoms with Crippen molar-refractivity contribution < 1.29 is 31.9 Å². The number of hydrogen-bond donors (Lipinski definition) is 1. The zero-order chi connectivity index (χ0) is 26.3. The zero-order valence-electron chi connectivity index (χ0n) is 20.7. The molecule has 0 unspecified atom stereocenters. The number of carbonyl (C=O) groups excluding carboxylic acids is 1. The molecule has 1 aromatic heterocycles. The Morgan fingerprint density at radius 3 is 2.56 bits per heavy atom. The van der Waals surface area contributed by atoms with Crippen LogP contribution >= 0.6 is 0 Å². The molecule has 0 aliphatic carbocycles. The van der Waals surface area contributed by atoms with Gasteiger partial charge in [0.2, 0.25) is 5.89 Å². The summed E-state index contributed by atoms with van der Waals surface area (Å²) in [6.45, 7) is 4.49. The maximum atomic E-state index is 13.3. The Balaban J connectivity index is 1.86. The summed E-state index contributed by atoms with van der Waals surface area (Å²) in [5, 5.41) is 2.83. The Morgan fingerprint density at radius 2 is 1.89 bits per heavy atom. The smallest absolute Gasteiger partial charge is 0.416 e. The number of aromatic nitrogens is 1. The second-order valence-electron chi connectivity index (χ2n) is 8.43. The number of methoxy groups -OCH3 is 2. The van der Waals surface area contributed by atoms with Crippen LogP contribution in [0.3, 0.4) is 0 Å². The van der Waals surface area contributed by atoms with Gasteiger partial charge in [-0.1, -0.05) is 31.2 Å². The number of amides is 1. The van der Waals surface area contributed by atoms with E-state index in [1.807, 2.05) is 24.8 Å². The molecule has 0 aliphatic heterocycles. The lowest BCUT2D eigenvalue weighted by molar-refractivity contribution is -0.137. The predicted octanol–water partition coefficient (Wildman–Crippen LogP) is 5.44. The van der Waals surface area contributed by atoms with Crippen molar-refractivity contribution >= 4 is 5.91 Å². The van der Waals surface area contributed by atoms with Crippen molar-refractivity contribution in [1.29, 1.82) is 0 Å². The van der Waals surface area contributed by atoms with Crippen molar-refractivity contribution in [3.05, 3.63) is 77.0 Å². The van der Waals surface area contributed by atoms with Crippen LogP contribution in [-0.4, -0.2) is 36.1 Å². The van der Waals surface area contributed by atoms with E-state index in [4.69, 9.17) is 13.9 Å². The minimum atomic E-state index is -4.44. The van der Waals surface area contributed by atoms with Crippen LogP contribution in [0.15, 0.2) is 53.1 Å². The molecule has 7 nitrogen and oxygen atoms in total. The highest BCUT2D eigenvalue weighted by atomic mass is 19.4. The Morgan fingerprint density at radius 1 is 1.11 bits per heavy atom. The van der Waals surface area contributed by atoms with Gasteiger partial charge < -0.3 is 19.2 Å². The van der Waals surface area contributed by atoms with Gasteiger partial charge in [0, 0.05) is 30.8 Å². The summed E-state index contributed by atoms with van der Waals surface area (Å²) >= 11 is 0. The topological polar surface area (TPSA) is 76.8 Å². The third kappa shape index (κ3) is 7.24. The van der Waals surface area contributed by atoms with Gasteiger partial charge in [-0.15, -0.1) is 0 Å². The van der Waals surface area contributed by atoms with Gasteiger partial charge in [-0.2, -0.15) is 13.2 Å². The molecular formula is C26H30F3N3O4. The van der Waals surface area contributed by atoms with E-state index >= 15 is 0 Å². The van der Waals surface area contributed by atoms with E-state index < -0.39 is 11.7 Å². The normalized spacial score (nSPS) is 12.4. The van der Waals surface area contributed by atoms with E-state index in [-0.39, 0.29) is 36.6 Å². The molecule has 1 amide bonds. The van der Waals surface area contributed by atoms with Crippen LogP contribution in [0.4, 0.5) is 13.2 Å². The van der Waals surface area contributed by atoms with Gasteiger partial charge in [0.25, 0.3) is 5.91 Å². The largest absolute Gasteiger partial charge is 0.497 e. The molecule has 0 fully saturated rings. The Hall–Kier alpha value is -3.53. The van der Waals surface area contributed by atoms with Gasteiger partial charge in [-0.05, 0) is 31.0 Å². The maximum absolute atomic E-state index is 13.3. The lowest BCUT2D eigenvalue weighted by Gasteiger charge is -2.23. The van der Waals surface area contributed by atoms with Crippen LogP contribution in [0.1, 0.15) is 53.3 Å². The second-order valence-corrected chi connectivity index (χ2v) is 8.43. The Labute approximate surface area is 208 Å². The number of carbonyl (C=O) groups is 1. The quantitative estimate of drug-likeness (QED) is 0.374. The van der Waals surface area contributed by atoms with Crippen LogP contribution < -0.4 is 14.8 Å². The summed E-state index contributed by atoms with van der Waals surface area (Å²) < 4.78 is 56.0. The predicted molar refractivity (Wildman–Crippen MR) is 128 cm³/mol. The van der Waals surface area contributed by atoms with E-state index in [2.05, 4.69) is 10.3 Å². The molecule has 0 bridgehead atoms. The first-order chi connectivity index (χ1) is 17.1. The molecule has 1 atom stereocenters. The van der Waals surface area contributed by atoms with Gasteiger partial charge in [-0.25, -0.2) is 4.98 Å². The molecule has 3 rings (SSSR count). The van der Waals surface area contributed by atoms with Crippen molar-refractivity contribution in [3.63, 3.8) is 0 Å². The van der Waals surface area contributed by atoms with E-state index in [1.165, 1.54) is 19.4 Å². The van der Waals surface area contributed by atoms with Crippen molar-refractivity contribution in [2.24, 2.45) is 0 Å². The lowest BCUT2D eigenvalue weighted by atomic mass is 10.1. The average Bonchev–Trinajstić information content (AvgIpc) is 3.32. The number of ether oxygens (including phenoxy) is 2. The van der Waals surface area contributed by atoms with Gasteiger partial charge in [0.1, 0.15) is 17.8 Å². The first-order valence-corrected chi connectivity index (χ1v) is 11.5. The van der Waals surface area contributed by atoms with Gasteiger partial charge in [0.05, 0.1) is 26.3 Å². The maximum Gasteiger partial charge on any atom is 0.416 e. The third-order valence-corrected chi connectivity index (χ3v) is 5.68. The molecule has 0 radical (unpaired) electrons. The summed E-state index contributed by atoms with van der Waals surface area (Å²) in [5.74, 6) is 1.11. The number of halogens is 3. The number of nitrogens with zero attached hydrogens (tertiary/aromatic N) is 2. The summed E-state index contributed by atoms with van der Waals surface area (Å²) in [7, 11) is 3.08. The van der Waals surface area contributed by atoms with Crippen LogP contribution in [0.2, 0.25) is 0 Å². The highest BCUT2D eigenvalue weighted by Gasteiger charge is 2.30. The van der Waals surface area contributed by atoms with Gasteiger partial charge in [0.15, 0.2) is 5.69 Å². The van der Waals surface area contributed by atoms with Crippen molar-refractivity contribution in [2.45, 2.75) is 52.1 Å². The van der Waals surface area contributed by atoms with E-state index in [0.29, 0.717) is 23.6 Å². The van der Waals surface area contributed by atoms with Crippen LogP contribution in [0.25, 0.3) is 0 Å². The SMILES string of the molecule is CC[C@H](C)NC(=O)c1coc(CN(Cc2cccc(C(F)(F)F)c2)Cc2ccc(OC)cc2OC)n1. The standard InChI is InChI=1S/C26H30F3N3O4/c1-5-17(2)30-25(33)22-16-36-24(31-22)15-32(13-18-7-6-8-20(11-18)26(27,28)29)14-19-9-10-21(34-3)12-23(19)35-4/h6-12,16-17H,5,13-15H2,1-4H3,(H,30,33)/t17-/m0/s1. The number of nitrogens with one attached hydrogen (secondary N) is 1. The molecule has 1 N–H and O–H groups in total. The van der Waals surface area contributed by atoms with Crippen LogP contribution in [0.5, 0.6) is 11.5 Å². The average molecular weight is 506 g/mol. The summed E-state index contributed by atoms with van der Waals surface area (Å²) in [4.78, 5) is 18.5. The van der Waals surface area contributed by atoms with Crippen molar-refractivity contribution in [3.8, 4) is 11.5 Å². The minimum Gasteiger partial charge on any atom is -0.497 e. The molecule has 36 heavy (non-hydrogen) atoms. The summed E-state index contributed by atoms with van der Waals surface area (Å²) in [6, 6.07) is 10.5. The highest BCUT2D eigenvalue weighted by Crippen LogP contribution is 2.31. The van der Waals surface area contributed by atoms with Gasteiger partial charge >= 0.3 is 6.18 Å². The Bertz CT molecular complexity index is 1160. The minimum absolute atomic E-state index is 0.0161. The third-order valence-electron chi connectivity index (χ3n) is 5.68. The van der Waals surface area contributed by atoms with Crippen molar-refractivity contribution in [1.82, 2.24) is 15.2 Å². The second kappa shape index (κ2) is 11.9. The molecule has 0 aliphatic rings. The first kappa shape index (κ1) is 27.1. The first-order valence-electron chi connectivity index (χ1n) is 11.5.